The summed E-state index contributed by atoms with van der Waals surface area (Å²) in [6.07, 6.45) is 0. The molecule has 0 unspecified atom stereocenters. The molecule has 1 aliphatic rings. The standard InChI is InChI=1S/C13H19NO2/c1-9-4-5-10(2)12(6-9)13(3)15-7-11(14)8-16-13/h4-6,11H,7-8,14H2,1-3H3. The van der Waals surface area contributed by atoms with Crippen LogP contribution < -0.4 is 5.73 Å². The first-order valence-corrected chi connectivity index (χ1v) is 5.62. The zero-order valence-electron chi connectivity index (χ0n) is 10.1. The van der Waals surface area contributed by atoms with Crippen LogP contribution in [0.25, 0.3) is 0 Å². The van der Waals surface area contributed by atoms with Crippen molar-refractivity contribution >= 4 is 0 Å². The van der Waals surface area contributed by atoms with Gasteiger partial charge in [0, 0.05) is 5.56 Å². The number of ether oxygens (including phenoxy) is 2. The van der Waals surface area contributed by atoms with Crippen LogP contribution in [0, 0.1) is 13.8 Å². The number of hydrogen-bond donors (Lipinski definition) is 1. The highest BCUT2D eigenvalue weighted by Crippen LogP contribution is 2.32. The number of hydrogen-bond acceptors (Lipinski definition) is 3. The Hall–Kier alpha value is -0.900. The zero-order valence-corrected chi connectivity index (χ0v) is 10.1. The van der Waals surface area contributed by atoms with Gasteiger partial charge >= 0.3 is 0 Å². The summed E-state index contributed by atoms with van der Waals surface area (Å²) in [5.74, 6) is -0.647. The van der Waals surface area contributed by atoms with Gasteiger partial charge in [-0.2, -0.15) is 0 Å². The first-order valence-electron chi connectivity index (χ1n) is 5.62. The number of rotatable bonds is 1. The van der Waals surface area contributed by atoms with Crippen molar-refractivity contribution in [3.8, 4) is 0 Å². The summed E-state index contributed by atoms with van der Waals surface area (Å²) in [7, 11) is 0. The monoisotopic (exact) mass is 221 g/mol. The molecule has 0 bridgehead atoms. The Balaban J connectivity index is 2.32. The summed E-state index contributed by atoms with van der Waals surface area (Å²) >= 11 is 0. The molecule has 0 saturated carbocycles. The van der Waals surface area contributed by atoms with Gasteiger partial charge in [-0.3, -0.25) is 0 Å². The Morgan fingerprint density at radius 3 is 2.50 bits per heavy atom. The second kappa shape index (κ2) is 4.17. The van der Waals surface area contributed by atoms with Gasteiger partial charge in [-0.25, -0.2) is 0 Å². The van der Waals surface area contributed by atoms with Crippen LogP contribution in [0.15, 0.2) is 18.2 Å². The average molecular weight is 221 g/mol. The SMILES string of the molecule is Cc1ccc(C)c(C2(C)OCC(N)CO2)c1. The summed E-state index contributed by atoms with van der Waals surface area (Å²) in [4.78, 5) is 0. The Bertz CT molecular complexity index is 382. The van der Waals surface area contributed by atoms with E-state index in [1.165, 1.54) is 11.1 Å². The summed E-state index contributed by atoms with van der Waals surface area (Å²) in [6, 6.07) is 6.29. The first-order chi connectivity index (χ1) is 7.51. The molecule has 0 radical (unpaired) electrons. The fourth-order valence-corrected chi connectivity index (χ4v) is 2.00. The third kappa shape index (κ3) is 2.12. The Labute approximate surface area is 96.5 Å². The van der Waals surface area contributed by atoms with E-state index in [2.05, 4.69) is 32.0 Å². The highest BCUT2D eigenvalue weighted by molar-refractivity contribution is 5.33. The fourth-order valence-electron chi connectivity index (χ4n) is 2.00. The quantitative estimate of drug-likeness (QED) is 0.787. The van der Waals surface area contributed by atoms with Gasteiger partial charge in [-0.1, -0.05) is 23.8 Å². The lowest BCUT2D eigenvalue weighted by Gasteiger charge is -2.37. The van der Waals surface area contributed by atoms with Crippen LogP contribution in [0.3, 0.4) is 0 Å². The van der Waals surface area contributed by atoms with E-state index in [-0.39, 0.29) is 6.04 Å². The first kappa shape index (κ1) is 11.6. The van der Waals surface area contributed by atoms with Crippen molar-refractivity contribution in [2.24, 2.45) is 5.73 Å². The van der Waals surface area contributed by atoms with Gasteiger partial charge in [0.05, 0.1) is 19.3 Å². The number of nitrogens with two attached hydrogens (primary N) is 1. The lowest BCUT2D eigenvalue weighted by molar-refractivity contribution is -0.270. The highest BCUT2D eigenvalue weighted by Gasteiger charge is 2.34. The van der Waals surface area contributed by atoms with E-state index in [9.17, 15) is 0 Å². The Kier molecular flexibility index (Phi) is 3.02. The van der Waals surface area contributed by atoms with E-state index in [4.69, 9.17) is 15.2 Å². The molecule has 2 rings (SSSR count). The van der Waals surface area contributed by atoms with Crippen LogP contribution in [-0.2, 0) is 15.3 Å². The fraction of sp³-hybridized carbons (Fsp3) is 0.538. The molecule has 2 N–H and O–H groups in total. The molecule has 0 atom stereocenters. The molecule has 1 fully saturated rings. The summed E-state index contributed by atoms with van der Waals surface area (Å²) < 4.78 is 11.5. The smallest absolute Gasteiger partial charge is 0.192 e. The lowest BCUT2D eigenvalue weighted by atomic mass is 9.98. The van der Waals surface area contributed by atoms with E-state index < -0.39 is 5.79 Å². The predicted molar refractivity (Wildman–Crippen MR) is 63.1 cm³/mol. The van der Waals surface area contributed by atoms with Crippen LogP contribution in [0.5, 0.6) is 0 Å². The van der Waals surface area contributed by atoms with Crippen LogP contribution >= 0.6 is 0 Å². The minimum Gasteiger partial charge on any atom is -0.344 e. The van der Waals surface area contributed by atoms with E-state index in [0.717, 1.165) is 5.56 Å². The number of benzene rings is 1. The van der Waals surface area contributed by atoms with Crippen LogP contribution in [-0.4, -0.2) is 19.3 Å². The maximum absolute atomic E-state index is 5.75. The molecular weight excluding hydrogens is 202 g/mol. The van der Waals surface area contributed by atoms with E-state index in [0.29, 0.717) is 13.2 Å². The van der Waals surface area contributed by atoms with Crippen LogP contribution in [0.4, 0.5) is 0 Å². The van der Waals surface area contributed by atoms with E-state index in [1.54, 1.807) is 0 Å². The molecule has 16 heavy (non-hydrogen) atoms. The van der Waals surface area contributed by atoms with E-state index >= 15 is 0 Å². The van der Waals surface area contributed by atoms with Gasteiger partial charge in [0.25, 0.3) is 0 Å². The van der Waals surface area contributed by atoms with Crippen LogP contribution in [0.1, 0.15) is 23.6 Å². The summed E-state index contributed by atoms with van der Waals surface area (Å²) in [5.41, 5.74) is 9.24. The molecule has 1 aromatic carbocycles. The molecule has 88 valence electrons. The van der Waals surface area contributed by atoms with Gasteiger partial charge in [-0.15, -0.1) is 0 Å². The molecule has 0 aromatic heterocycles. The molecule has 0 spiro atoms. The molecule has 1 aromatic rings. The van der Waals surface area contributed by atoms with Crippen molar-refractivity contribution < 1.29 is 9.47 Å². The van der Waals surface area contributed by atoms with E-state index in [1.807, 2.05) is 6.92 Å². The topological polar surface area (TPSA) is 44.5 Å². The Morgan fingerprint density at radius 1 is 1.25 bits per heavy atom. The van der Waals surface area contributed by atoms with Crippen molar-refractivity contribution in [2.45, 2.75) is 32.6 Å². The number of aryl methyl sites for hydroxylation is 2. The van der Waals surface area contributed by atoms with Crippen LogP contribution in [0.2, 0.25) is 0 Å². The largest absolute Gasteiger partial charge is 0.344 e. The van der Waals surface area contributed by atoms with Gasteiger partial charge in [0.2, 0.25) is 0 Å². The second-order valence-corrected chi connectivity index (χ2v) is 4.65. The van der Waals surface area contributed by atoms with Crippen molar-refractivity contribution in [3.05, 3.63) is 34.9 Å². The molecule has 0 aliphatic carbocycles. The molecule has 1 aliphatic heterocycles. The zero-order chi connectivity index (χ0) is 11.8. The van der Waals surface area contributed by atoms with Crippen molar-refractivity contribution in [1.82, 2.24) is 0 Å². The summed E-state index contributed by atoms with van der Waals surface area (Å²) in [5, 5.41) is 0. The molecule has 0 amide bonds. The third-order valence-electron chi connectivity index (χ3n) is 3.03. The van der Waals surface area contributed by atoms with Gasteiger partial charge in [0.1, 0.15) is 0 Å². The molecule has 1 heterocycles. The highest BCUT2D eigenvalue weighted by atomic mass is 16.7. The van der Waals surface area contributed by atoms with Gasteiger partial charge in [0.15, 0.2) is 5.79 Å². The maximum atomic E-state index is 5.75. The molecule has 3 nitrogen and oxygen atoms in total. The lowest BCUT2D eigenvalue weighted by Crippen LogP contribution is -2.46. The second-order valence-electron chi connectivity index (χ2n) is 4.65. The Morgan fingerprint density at radius 2 is 1.88 bits per heavy atom. The molecule has 3 heteroatoms. The van der Waals surface area contributed by atoms with Crippen molar-refractivity contribution in [2.75, 3.05) is 13.2 Å². The normalized spacial score (nSPS) is 30.4. The third-order valence-corrected chi connectivity index (χ3v) is 3.03. The minimum absolute atomic E-state index is 0.0156. The van der Waals surface area contributed by atoms with Crippen molar-refractivity contribution in [1.29, 1.82) is 0 Å². The van der Waals surface area contributed by atoms with Crippen molar-refractivity contribution in [3.63, 3.8) is 0 Å². The van der Waals surface area contributed by atoms with Gasteiger partial charge < -0.3 is 15.2 Å². The average Bonchev–Trinajstić information content (AvgIpc) is 2.26. The maximum Gasteiger partial charge on any atom is 0.192 e. The molecular formula is C13H19NO2. The molecule has 1 saturated heterocycles. The van der Waals surface area contributed by atoms with Gasteiger partial charge in [-0.05, 0) is 26.3 Å². The predicted octanol–water partition coefficient (Wildman–Crippen LogP) is 1.85. The minimum atomic E-state index is -0.647. The summed E-state index contributed by atoms with van der Waals surface area (Å²) in [6.45, 7) is 7.19.